The first-order valence-electron chi connectivity index (χ1n) is 7.60. The maximum atomic E-state index is 5.30. The van der Waals surface area contributed by atoms with Gasteiger partial charge < -0.3 is 14.6 Å². The number of ether oxygens (including phenoxy) is 1. The van der Waals surface area contributed by atoms with Crippen LogP contribution in [0.25, 0.3) is 11.0 Å². The van der Waals surface area contributed by atoms with Crippen molar-refractivity contribution in [3.05, 3.63) is 24.0 Å². The molecule has 1 aromatic heterocycles. The Morgan fingerprint density at radius 3 is 2.85 bits per heavy atom. The molecule has 0 aliphatic heterocycles. The summed E-state index contributed by atoms with van der Waals surface area (Å²) >= 11 is 0. The molecule has 0 bridgehead atoms. The molecule has 4 rings (SSSR count). The van der Waals surface area contributed by atoms with Crippen LogP contribution in [0.4, 0.5) is 0 Å². The zero-order valence-electron chi connectivity index (χ0n) is 11.9. The summed E-state index contributed by atoms with van der Waals surface area (Å²) in [6.07, 6.45) is 5.35. The Hall–Kier alpha value is -1.55. The van der Waals surface area contributed by atoms with Gasteiger partial charge in [0.25, 0.3) is 0 Å². The van der Waals surface area contributed by atoms with Gasteiger partial charge in [-0.05, 0) is 50.3 Å². The van der Waals surface area contributed by atoms with E-state index < -0.39 is 0 Å². The Morgan fingerprint density at radius 1 is 1.30 bits per heavy atom. The van der Waals surface area contributed by atoms with E-state index in [9.17, 15) is 0 Å². The monoisotopic (exact) mass is 271 g/mol. The number of fused-ring (bicyclic) bond motifs is 1. The fraction of sp³-hybridized carbons (Fsp3) is 0.562. The van der Waals surface area contributed by atoms with Gasteiger partial charge in [-0.1, -0.05) is 0 Å². The van der Waals surface area contributed by atoms with Crippen molar-refractivity contribution in [2.45, 2.75) is 38.3 Å². The highest BCUT2D eigenvalue weighted by Crippen LogP contribution is 2.39. The van der Waals surface area contributed by atoms with Gasteiger partial charge in [-0.25, -0.2) is 4.98 Å². The summed E-state index contributed by atoms with van der Waals surface area (Å²) in [5.74, 6) is 2.97. The summed E-state index contributed by atoms with van der Waals surface area (Å²) in [6.45, 7) is 2.02. The smallest absolute Gasteiger partial charge is 0.124 e. The van der Waals surface area contributed by atoms with Crippen LogP contribution in [0.5, 0.6) is 5.75 Å². The largest absolute Gasteiger partial charge is 0.497 e. The molecule has 4 heteroatoms. The second kappa shape index (κ2) is 4.77. The molecule has 2 aromatic rings. The standard InChI is InChI=1S/C16H21N3O/c1-20-13-6-7-15-14(8-13)18-16(19(15)12-4-5-12)10-17-9-11-2-3-11/h6-8,11-12,17H,2-5,9-10H2,1H3. The Balaban J connectivity index is 1.64. The SMILES string of the molecule is COc1ccc2c(c1)nc(CNCC1CC1)n2C1CC1. The van der Waals surface area contributed by atoms with Gasteiger partial charge in [-0.3, -0.25) is 0 Å². The van der Waals surface area contributed by atoms with Crippen molar-refractivity contribution in [2.24, 2.45) is 5.92 Å². The van der Waals surface area contributed by atoms with Gasteiger partial charge in [0, 0.05) is 12.1 Å². The van der Waals surface area contributed by atoms with Crippen molar-refractivity contribution < 1.29 is 4.74 Å². The third kappa shape index (κ3) is 2.29. The maximum Gasteiger partial charge on any atom is 0.124 e. The molecule has 0 spiro atoms. The molecule has 0 unspecified atom stereocenters. The van der Waals surface area contributed by atoms with Crippen LogP contribution in [0, 0.1) is 5.92 Å². The number of rotatable bonds is 6. The number of hydrogen-bond donors (Lipinski definition) is 1. The van der Waals surface area contributed by atoms with E-state index in [1.165, 1.54) is 37.0 Å². The third-order valence-corrected chi connectivity index (χ3v) is 4.29. The van der Waals surface area contributed by atoms with E-state index in [1.807, 2.05) is 12.1 Å². The summed E-state index contributed by atoms with van der Waals surface area (Å²) in [6, 6.07) is 6.87. The van der Waals surface area contributed by atoms with Gasteiger partial charge in [-0.15, -0.1) is 0 Å². The van der Waals surface area contributed by atoms with E-state index in [1.54, 1.807) is 7.11 Å². The quantitative estimate of drug-likeness (QED) is 0.878. The summed E-state index contributed by atoms with van der Waals surface area (Å²) < 4.78 is 7.73. The molecule has 1 heterocycles. The maximum absolute atomic E-state index is 5.30. The van der Waals surface area contributed by atoms with E-state index in [4.69, 9.17) is 9.72 Å². The van der Waals surface area contributed by atoms with Gasteiger partial charge in [0.05, 0.1) is 24.7 Å². The molecule has 2 aliphatic carbocycles. The lowest BCUT2D eigenvalue weighted by Gasteiger charge is -2.08. The van der Waals surface area contributed by atoms with Crippen LogP contribution >= 0.6 is 0 Å². The van der Waals surface area contributed by atoms with Crippen LogP contribution in [-0.2, 0) is 6.54 Å². The van der Waals surface area contributed by atoms with E-state index in [0.29, 0.717) is 6.04 Å². The van der Waals surface area contributed by atoms with Crippen LogP contribution in [0.15, 0.2) is 18.2 Å². The van der Waals surface area contributed by atoms with E-state index >= 15 is 0 Å². The molecule has 2 aliphatic rings. The Bertz CT molecular complexity index is 626. The van der Waals surface area contributed by atoms with E-state index in [2.05, 4.69) is 16.0 Å². The van der Waals surface area contributed by atoms with Gasteiger partial charge >= 0.3 is 0 Å². The third-order valence-electron chi connectivity index (χ3n) is 4.29. The first kappa shape index (κ1) is 12.2. The average molecular weight is 271 g/mol. The highest BCUT2D eigenvalue weighted by atomic mass is 16.5. The topological polar surface area (TPSA) is 39.1 Å². The summed E-state index contributed by atoms with van der Waals surface area (Å²) in [4.78, 5) is 4.82. The molecular formula is C16H21N3O. The number of nitrogens with zero attached hydrogens (tertiary/aromatic N) is 2. The van der Waals surface area contributed by atoms with E-state index in [-0.39, 0.29) is 0 Å². The fourth-order valence-electron chi connectivity index (χ4n) is 2.83. The Kier molecular flexibility index (Phi) is 2.91. The number of benzene rings is 1. The van der Waals surface area contributed by atoms with Gasteiger partial charge in [-0.2, -0.15) is 0 Å². The molecule has 106 valence electrons. The minimum absolute atomic E-state index is 0.658. The van der Waals surface area contributed by atoms with Crippen LogP contribution < -0.4 is 10.1 Å². The summed E-state index contributed by atoms with van der Waals surface area (Å²) in [5, 5.41) is 3.56. The first-order valence-corrected chi connectivity index (χ1v) is 7.60. The van der Waals surface area contributed by atoms with Crippen molar-refractivity contribution >= 4 is 11.0 Å². The summed E-state index contributed by atoms with van der Waals surface area (Å²) in [7, 11) is 1.71. The number of methoxy groups -OCH3 is 1. The molecular weight excluding hydrogens is 250 g/mol. The first-order chi connectivity index (χ1) is 9.85. The highest BCUT2D eigenvalue weighted by molar-refractivity contribution is 5.78. The number of aromatic nitrogens is 2. The molecule has 1 aromatic carbocycles. The lowest BCUT2D eigenvalue weighted by molar-refractivity contribution is 0.415. The zero-order valence-corrected chi connectivity index (χ0v) is 11.9. The predicted octanol–water partition coefficient (Wildman–Crippen LogP) is 2.88. The number of nitrogens with one attached hydrogen (secondary N) is 1. The minimum atomic E-state index is 0.658. The Morgan fingerprint density at radius 2 is 2.15 bits per heavy atom. The van der Waals surface area contributed by atoms with Gasteiger partial charge in [0.1, 0.15) is 11.6 Å². The summed E-state index contributed by atoms with van der Waals surface area (Å²) in [5.41, 5.74) is 2.30. The van der Waals surface area contributed by atoms with Crippen molar-refractivity contribution in [2.75, 3.05) is 13.7 Å². The Labute approximate surface area is 119 Å². The number of imidazole rings is 1. The molecule has 1 N–H and O–H groups in total. The lowest BCUT2D eigenvalue weighted by atomic mass is 10.3. The second-order valence-corrected chi connectivity index (χ2v) is 6.06. The average Bonchev–Trinajstić information content (AvgIpc) is 3.37. The molecule has 0 atom stereocenters. The fourth-order valence-corrected chi connectivity index (χ4v) is 2.83. The molecule has 20 heavy (non-hydrogen) atoms. The van der Waals surface area contributed by atoms with Gasteiger partial charge in [0.2, 0.25) is 0 Å². The van der Waals surface area contributed by atoms with Crippen molar-refractivity contribution in [1.29, 1.82) is 0 Å². The van der Waals surface area contributed by atoms with Crippen LogP contribution in [-0.4, -0.2) is 23.2 Å². The highest BCUT2D eigenvalue weighted by Gasteiger charge is 2.28. The number of hydrogen-bond acceptors (Lipinski definition) is 3. The normalized spacial score (nSPS) is 18.6. The lowest BCUT2D eigenvalue weighted by Crippen LogP contribution is -2.19. The molecule has 2 saturated carbocycles. The molecule has 0 amide bonds. The van der Waals surface area contributed by atoms with Crippen LogP contribution in [0.3, 0.4) is 0 Å². The molecule has 2 fully saturated rings. The predicted molar refractivity (Wildman–Crippen MR) is 79.0 cm³/mol. The van der Waals surface area contributed by atoms with Crippen LogP contribution in [0.1, 0.15) is 37.5 Å². The van der Waals surface area contributed by atoms with Crippen molar-refractivity contribution in [3.8, 4) is 5.75 Å². The molecule has 4 nitrogen and oxygen atoms in total. The minimum Gasteiger partial charge on any atom is -0.497 e. The zero-order chi connectivity index (χ0) is 13.5. The van der Waals surface area contributed by atoms with Crippen molar-refractivity contribution in [1.82, 2.24) is 14.9 Å². The van der Waals surface area contributed by atoms with Gasteiger partial charge in [0.15, 0.2) is 0 Å². The second-order valence-electron chi connectivity index (χ2n) is 6.06. The van der Waals surface area contributed by atoms with Crippen LogP contribution in [0.2, 0.25) is 0 Å². The van der Waals surface area contributed by atoms with E-state index in [0.717, 1.165) is 30.3 Å². The molecule has 0 saturated heterocycles. The molecule has 0 radical (unpaired) electrons. The van der Waals surface area contributed by atoms with Crippen molar-refractivity contribution in [3.63, 3.8) is 0 Å².